The van der Waals surface area contributed by atoms with E-state index in [0.717, 1.165) is 62.7 Å². The van der Waals surface area contributed by atoms with Gasteiger partial charge in [0, 0.05) is 31.1 Å². The Hall–Kier alpha value is -2.32. The standard InChI is InChI=1S/C23H30FN5O2/c1-15(2)20-18-4-3-5-19(24)21(18)29(26-20)23-25-22(31-27-23)17-6-10-28(11-7-17)14-16-8-12-30-13-9-16/h3-5,15-17H,6-14H2,1-2H3. The average Bonchev–Trinajstić information content (AvgIpc) is 3.41. The van der Waals surface area contributed by atoms with Crippen LogP contribution < -0.4 is 0 Å². The van der Waals surface area contributed by atoms with Crippen molar-refractivity contribution in [1.82, 2.24) is 24.8 Å². The number of para-hydroxylation sites is 1. The fourth-order valence-electron chi connectivity index (χ4n) is 4.86. The minimum Gasteiger partial charge on any atom is -0.381 e. The van der Waals surface area contributed by atoms with Crippen LogP contribution in [-0.2, 0) is 4.74 Å². The maximum Gasteiger partial charge on any atom is 0.291 e. The summed E-state index contributed by atoms with van der Waals surface area (Å²) >= 11 is 0. The van der Waals surface area contributed by atoms with Gasteiger partial charge < -0.3 is 14.2 Å². The molecule has 166 valence electrons. The van der Waals surface area contributed by atoms with Gasteiger partial charge in [-0.15, -0.1) is 0 Å². The second-order valence-electron chi connectivity index (χ2n) is 9.15. The van der Waals surface area contributed by atoms with E-state index in [2.05, 4.69) is 20.1 Å². The van der Waals surface area contributed by atoms with Gasteiger partial charge >= 0.3 is 0 Å². The molecule has 3 aromatic rings. The molecule has 1 aromatic carbocycles. The molecule has 0 unspecified atom stereocenters. The van der Waals surface area contributed by atoms with Crippen LogP contribution in [0.5, 0.6) is 0 Å². The minimum absolute atomic E-state index is 0.164. The number of likely N-dealkylation sites (tertiary alicyclic amines) is 1. The maximum absolute atomic E-state index is 14.6. The van der Waals surface area contributed by atoms with Crippen LogP contribution in [0.3, 0.4) is 0 Å². The van der Waals surface area contributed by atoms with E-state index in [4.69, 9.17) is 9.26 Å². The van der Waals surface area contributed by atoms with E-state index >= 15 is 0 Å². The molecule has 2 saturated heterocycles. The molecule has 2 aromatic heterocycles. The molecule has 7 nitrogen and oxygen atoms in total. The van der Waals surface area contributed by atoms with Gasteiger partial charge in [0.15, 0.2) is 0 Å². The Morgan fingerprint density at radius 2 is 1.90 bits per heavy atom. The molecular formula is C23H30FN5O2. The van der Waals surface area contributed by atoms with Crippen LogP contribution >= 0.6 is 0 Å². The van der Waals surface area contributed by atoms with Crippen molar-refractivity contribution in [3.05, 3.63) is 35.6 Å². The normalized spacial score (nSPS) is 19.6. The van der Waals surface area contributed by atoms with Crippen molar-refractivity contribution < 1.29 is 13.7 Å². The summed E-state index contributed by atoms with van der Waals surface area (Å²) in [4.78, 5) is 7.18. The molecule has 8 heteroatoms. The molecule has 2 fully saturated rings. The Morgan fingerprint density at radius 3 is 2.65 bits per heavy atom. The first-order valence-corrected chi connectivity index (χ1v) is 11.4. The molecule has 0 saturated carbocycles. The number of piperidine rings is 1. The summed E-state index contributed by atoms with van der Waals surface area (Å²) in [5.41, 5.74) is 1.24. The fraction of sp³-hybridized carbons (Fsp3) is 0.609. The third-order valence-electron chi connectivity index (χ3n) is 6.64. The first-order valence-electron chi connectivity index (χ1n) is 11.4. The van der Waals surface area contributed by atoms with Gasteiger partial charge in [0.1, 0.15) is 11.3 Å². The van der Waals surface area contributed by atoms with Gasteiger partial charge in [0.2, 0.25) is 5.89 Å². The van der Waals surface area contributed by atoms with Crippen molar-refractivity contribution in [3.8, 4) is 5.95 Å². The number of halogens is 1. The molecule has 31 heavy (non-hydrogen) atoms. The lowest BCUT2D eigenvalue weighted by Gasteiger charge is -2.34. The molecule has 0 bridgehead atoms. The first-order chi connectivity index (χ1) is 15.1. The fourth-order valence-corrected chi connectivity index (χ4v) is 4.86. The third kappa shape index (κ3) is 4.11. The number of ether oxygens (including phenoxy) is 1. The van der Waals surface area contributed by atoms with Gasteiger partial charge in [-0.1, -0.05) is 26.0 Å². The second kappa shape index (κ2) is 8.67. The Morgan fingerprint density at radius 1 is 1.13 bits per heavy atom. The van der Waals surface area contributed by atoms with Crippen LogP contribution in [0.4, 0.5) is 4.39 Å². The Bertz CT molecular complexity index is 1030. The van der Waals surface area contributed by atoms with E-state index in [1.165, 1.54) is 23.6 Å². The Kier molecular flexibility index (Phi) is 5.75. The number of aromatic nitrogens is 4. The van der Waals surface area contributed by atoms with Gasteiger partial charge in [-0.25, -0.2) is 4.39 Å². The molecule has 0 radical (unpaired) electrons. The van der Waals surface area contributed by atoms with E-state index in [9.17, 15) is 4.39 Å². The summed E-state index contributed by atoms with van der Waals surface area (Å²) in [6.45, 7) is 9.12. The minimum atomic E-state index is -0.329. The highest BCUT2D eigenvalue weighted by Crippen LogP contribution is 2.31. The summed E-state index contributed by atoms with van der Waals surface area (Å²) < 4.78 is 27.2. The predicted molar refractivity (Wildman–Crippen MR) is 115 cm³/mol. The number of nitrogens with zero attached hydrogens (tertiary/aromatic N) is 5. The molecule has 0 amide bonds. The summed E-state index contributed by atoms with van der Waals surface area (Å²) in [5.74, 6) is 1.76. The van der Waals surface area contributed by atoms with Crippen LogP contribution in [0.2, 0.25) is 0 Å². The zero-order valence-electron chi connectivity index (χ0n) is 18.3. The van der Waals surface area contributed by atoms with Crippen molar-refractivity contribution >= 4 is 10.9 Å². The molecule has 4 heterocycles. The molecular weight excluding hydrogens is 397 g/mol. The lowest BCUT2D eigenvalue weighted by Crippen LogP contribution is -2.38. The Balaban J connectivity index is 1.31. The molecule has 2 aliphatic rings. The summed E-state index contributed by atoms with van der Waals surface area (Å²) in [7, 11) is 0. The van der Waals surface area contributed by atoms with Crippen molar-refractivity contribution in [2.24, 2.45) is 5.92 Å². The van der Waals surface area contributed by atoms with E-state index in [1.54, 1.807) is 6.07 Å². The first kappa shape index (κ1) is 20.6. The zero-order chi connectivity index (χ0) is 21.4. The molecule has 0 aliphatic carbocycles. The molecule has 5 rings (SSSR count). The highest BCUT2D eigenvalue weighted by molar-refractivity contribution is 5.84. The number of hydrogen-bond acceptors (Lipinski definition) is 6. The molecule has 2 aliphatic heterocycles. The third-order valence-corrected chi connectivity index (χ3v) is 6.64. The molecule has 0 N–H and O–H groups in total. The zero-order valence-corrected chi connectivity index (χ0v) is 18.3. The van der Waals surface area contributed by atoms with Crippen molar-refractivity contribution in [2.45, 2.75) is 51.4 Å². The lowest BCUT2D eigenvalue weighted by molar-refractivity contribution is 0.0481. The smallest absolute Gasteiger partial charge is 0.291 e. The number of hydrogen-bond donors (Lipinski definition) is 0. The number of benzene rings is 1. The van der Waals surface area contributed by atoms with Gasteiger partial charge in [-0.05, 0) is 61.8 Å². The largest absolute Gasteiger partial charge is 0.381 e. The highest BCUT2D eigenvalue weighted by atomic mass is 19.1. The SMILES string of the molecule is CC(C)c1nn(-c2noc(C3CCN(CC4CCOCC4)CC3)n2)c2c(F)cccc12. The van der Waals surface area contributed by atoms with E-state index in [1.807, 2.05) is 19.9 Å². The van der Waals surface area contributed by atoms with Crippen LogP contribution in [-0.4, -0.2) is 57.7 Å². The van der Waals surface area contributed by atoms with Crippen LogP contribution in [0.15, 0.2) is 22.7 Å². The van der Waals surface area contributed by atoms with E-state index in [-0.39, 0.29) is 17.7 Å². The van der Waals surface area contributed by atoms with Gasteiger partial charge in [0.25, 0.3) is 5.95 Å². The summed E-state index contributed by atoms with van der Waals surface area (Å²) in [6, 6.07) is 5.05. The quantitative estimate of drug-likeness (QED) is 0.605. The molecule has 0 atom stereocenters. The molecule has 0 spiro atoms. The average molecular weight is 428 g/mol. The van der Waals surface area contributed by atoms with Gasteiger partial charge in [-0.2, -0.15) is 14.8 Å². The van der Waals surface area contributed by atoms with Crippen LogP contribution in [0.25, 0.3) is 16.9 Å². The topological polar surface area (TPSA) is 69.2 Å². The van der Waals surface area contributed by atoms with Gasteiger partial charge in [-0.3, -0.25) is 0 Å². The Labute approximate surface area is 181 Å². The monoisotopic (exact) mass is 427 g/mol. The number of rotatable bonds is 5. The summed E-state index contributed by atoms with van der Waals surface area (Å²) in [6.07, 6.45) is 4.33. The van der Waals surface area contributed by atoms with E-state index in [0.29, 0.717) is 17.4 Å². The van der Waals surface area contributed by atoms with Crippen molar-refractivity contribution in [3.63, 3.8) is 0 Å². The summed E-state index contributed by atoms with van der Waals surface area (Å²) in [5, 5.41) is 9.58. The van der Waals surface area contributed by atoms with Crippen molar-refractivity contribution in [1.29, 1.82) is 0 Å². The highest BCUT2D eigenvalue weighted by Gasteiger charge is 2.28. The van der Waals surface area contributed by atoms with Gasteiger partial charge in [0.05, 0.1) is 5.69 Å². The van der Waals surface area contributed by atoms with Crippen LogP contribution in [0.1, 0.15) is 63.0 Å². The van der Waals surface area contributed by atoms with Crippen LogP contribution in [0, 0.1) is 11.7 Å². The van der Waals surface area contributed by atoms with Crippen molar-refractivity contribution in [2.75, 3.05) is 32.8 Å². The lowest BCUT2D eigenvalue weighted by atomic mass is 9.94. The number of fused-ring (bicyclic) bond motifs is 1. The maximum atomic E-state index is 14.6. The second-order valence-corrected chi connectivity index (χ2v) is 9.15. The predicted octanol–water partition coefficient (Wildman–Crippen LogP) is 4.28. The van der Waals surface area contributed by atoms with E-state index < -0.39 is 0 Å².